The number of nitrogens with one attached hydrogen (secondary N) is 1. The maximum Gasteiger partial charge on any atom is 0.0600 e. The summed E-state index contributed by atoms with van der Waals surface area (Å²) in [6.07, 6.45) is 4.16. The van der Waals surface area contributed by atoms with Gasteiger partial charge in [0.1, 0.15) is 0 Å². The molecule has 1 aliphatic heterocycles. The lowest BCUT2D eigenvalue weighted by Crippen LogP contribution is -2.24. The molecule has 3 heteroatoms. The molecule has 110 valence electrons. The molecule has 2 aromatic rings. The molecule has 0 aliphatic carbocycles. The van der Waals surface area contributed by atoms with Gasteiger partial charge in [0, 0.05) is 17.8 Å². The monoisotopic (exact) mass is 281 g/mol. The van der Waals surface area contributed by atoms with Gasteiger partial charge >= 0.3 is 0 Å². The lowest BCUT2D eigenvalue weighted by Gasteiger charge is -2.25. The van der Waals surface area contributed by atoms with Gasteiger partial charge in [-0.15, -0.1) is 0 Å². The third-order valence-electron chi connectivity index (χ3n) is 4.37. The van der Waals surface area contributed by atoms with Gasteiger partial charge in [-0.2, -0.15) is 0 Å². The number of rotatable bonds is 4. The number of hydrogen-bond acceptors (Lipinski definition) is 3. The first-order valence-electron chi connectivity index (χ1n) is 7.75. The second-order valence-corrected chi connectivity index (χ2v) is 5.74. The van der Waals surface area contributed by atoms with Gasteiger partial charge in [0.05, 0.1) is 17.6 Å². The zero-order valence-electron chi connectivity index (χ0n) is 13.0. The molecule has 0 amide bonds. The van der Waals surface area contributed by atoms with Crippen LogP contribution in [-0.2, 0) is 6.42 Å². The van der Waals surface area contributed by atoms with Crippen LogP contribution in [0.4, 0.5) is 11.4 Å². The highest BCUT2D eigenvalue weighted by Gasteiger charge is 2.26. The summed E-state index contributed by atoms with van der Waals surface area (Å²) in [5.74, 6) is 0. The maximum absolute atomic E-state index is 4.67. The first-order chi connectivity index (χ1) is 10.2. The van der Waals surface area contributed by atoms with Crippen molar-refractivity contribution in [1.82, 2.24) is 10.3 Å². The molecule has 1 aromatic carbocycles. The minimum Gasteiger partial charge on any atom is -0.337 e. The van der Waals surface area contributed by atoms with Crippen LogP contribution in [0.2, 0.25) is 0 Å². The number of fused-ring (bicyclic) bond motifs is 1. The number of para-hydroxylation sites is 1. The molecular weight excluding hydrogens is 258 g/mol. The van der Waals surface area contributed by atoms with Gasteiger partial charge in [0.25, 0.3) is 0 Å². The van der Waals surface area contributed by atoms with E-state index in [1.165, 1.54) is 16.9 Å². The number of pyridine rings is 1. The van der Waals surface area contributed by atoms with E-state index in [9.17, 15) is 0 Å². The number of nitrogens with zero attached hydrogens (tertiary/aromatic N) is 2. The molecule has 0 bridgehead atoms. The maximum atomic E-state index is 4.67. The molecule has 2 atom stereocenters. The summed E-state index contributed by atoms with van der Waals surface area (Å²) in [6.45, 7) is 4.45. The highest BCUT2D eigenvalue weighted by Crippen LogP contribution is 2.37. The minimum absolute atomic E-state index is 0.335. The first kappa shape index (κ1) is 14.1. The normalized spacial score (nSPS) is 18.6. The highest BCUT2D eigenvalue weighted by atomic mass is 15.2. The molecule has 0 fully saturated rings. The van der Waals surface area contributed by atoms with Gasteiger partial charge in [0.15, 0.2) is 0 Å². The van der Waals surface area contributed by atoms with E-state index >= 15 is 0 Å². The Kier molecular flexibility index (Phi) is 3.93. The summed E-state index contributed by atoms with van der Waals surface area (Å²) in [5, 5.41) is 3.31. The number of benzene rings is 1. The van der Waals surface area contributed by atoms with Crippen molar-refractivity contribution in [3.05, 3.63) is 53.9 Å². The molecule has 1 N–H and O–H groups in total. The average molecular weight is 281 g/mol. The first-order valence-corrected chi connectivity index (χ1v) is 7.75. The molecular formula is C18H23N3. The van der Waals surface area contributed by atoms with Gasteiger partial charge in [-0.25, -0.2) is 0 Å². The standard InChI is InChI=1S/C18H23N3/c1-4-16(19-3)17-10-9-15(12-20-17)21-13(2)11-14-7-5-6-8-18(14)21/h5-10,12-13,16,19H,4,11H2,1-3H3. The van der Waals surface area contributed by atoms with Gasteiger partial charge in [-0.3, -0.25) is 4.98 Å². The summed E-state index contributed by atoms with van der Waals surface area (Å²) < 4.78 is 0. The minimum atomic E-state index is 0.335. The highest BCUT2D eigenvalue weighted by molar-refractivity contribution is 5.70. The molecule has 2 unspecified atom stereocenters. The largest absolute Gasteiger partial charge is 0.337 e. The fourth-order valence-electron chi connectivity index (χ4n) is 3.27. The zero-order chi connectivity index (χ0) is 14.8. The Hall–Kier alpha value is -1.87. The summed E-state index contributed by atoms with van der Waals surface area (Å²) in [7, 11) is 1.99. The van der Waals surface area contributed by atoms with Crippen molar-refractivity contribution in [3.8, 4) is 0 Å². The smallest absolute Gasteiger partial charge is 0.0600 e. The molecule has 3 rings (SSSR count). The predicted octanol–water partition coefficient (Wildman–Crippen LogP) is 3.83. The van der Waals surface area contributed by atoms with Crippen LogP contribution in [0.3, 0.4) is 0 Å². The fraction of sp³-hybridized carbons (Fsp3) is 0.389. The van der Waals surface area contributed by atoms with Crippen LogP contribution in [0.15, 0.2) is 42.6 Å². The Morgan fingerprint density at radius 2 is 2.10 bits per heavy atom. The Balaban J connectivity index is 1.91. The topological polar surface area (TPSA) is 28.2 Å². The number of anilines is 2. The Morgan fingerprint density at radius 3 is 2.76 bits per heavy atom. The second kappa shape index (κ2) is 5.86. The zero-order valence-corrected chi connectivity index (χ0v) is 13.0. The van der Waals surface area contributed by atoms with Crippen molar-refractivity contribution < 1.29 is 0 Å². The van der Waals surface area contributed by atoms with E-state index in [0.29, 0.717) is 12.1 Å². The summed E-state index contributed by atoms with van der Waals surface area (Å²) in [6, 6.07) is 13.8. The number of hydrogen-bond donors (Lipinski definition) is 1. The van der Waals surface area contributed by atoms with E-state index < -0.39 is 0 Å². The molecule has 2 heterocycles. The van der Waals surface area contributed by atoms with Crippen LogP contribution >= 0.6 is 0 Å². The molecule has 0 radical (unpaired) electrons. The molecule has 21 heavy (non-hydrogen) atoms. The lowest BCUT2D eigenvalue weighted by molar-refractivity contribution is 0.561. The summed E-state index contributed by atoms with van der Waals surface area (Å²) in [5.41, 5.74) is 5.04. The van der Waals surface area contributed by atoms with Crippen LogP contribution in [0.25, 0.3) is 0 Å². The van der Waals surface area contributed by atoms with Gasteiger partial charge < -0.3 is 10.2 Å². The third kappa shape index (κ3) is 2.54. The Labute approximate surface area is 127 Å². The van der Waals surface area contributed by atoms with E-state index in [1.54, 1.807) is 0 Å². The summed E-state index contributed by atoms with van der Waals surface area (Å²) >= 11 is 0. The van der Waals surface area contributed by atoms with Gasteiger partial charge in [-0.05, 0) is 50.6 Å². The Morgan fingerprint density at radius 1 is 1.29 bits per heavy atom. The van der Waals surface area contributed by atoms with Crippen LogP contribution in [0.5, 0.6) is 0 Å². The molecule has 1 aliphatic rings. The fourth-order valence-corrected chi connectivity index (χ4v) is 3.27. The quantitative estimate of drug-likeness (QED) is 0.923. The lowest BCUT2D eigenvalue weighted by atomic mass is 10.1. The second-order valence-electron chi connectivity index (χ2n) is 5.74. The SMILES string of the molecule is CCC(NC)c1ccc(N2c3ccccc3CC2C)cn1. The van der Waals surface area contributed by atoms with E-state index in [0.717, 1.165) is 18.5 Å². The van der Waals surface area contributed by atoms with E-state index in [2.05, 4.69) is 65.4 Å². The third-order valence-corrected chi connectivity index (χ3v) is 4.37. The van der Waals surface area contributed by atoms with Crippen LogP contribution < -0.4 is 10.2 Å². The van der Waals surface area contributed by atoms with E-state index in [-0.39, 0.29) is 0 Å². The summed E-state index contributed by atoms with van der Waals surface area (Å²) in [4.78, 5) is 7.06. The van der Waals surface area contributed by atoms with Gasteiger partial charge in [-0.1, -0.05) is 25.1 Å². The molecule has 0 spiro atoms. The van der Waals surface area contributed by atoms with Crippen molar-refractivity contribution in [2.24, 2.45) is 0 Å². The van der Waals surface area contributed by atoms with E-state index in [4.69, 9.17) is 0 Å². The van der Waals surface area contributed by atoms with Crippen molar-refractivity contribution in [1.29, 1.82) is 0 Å². The molecule has 0 saturated carbocycles. The predicted molar refractivity (Wildman–Crippen MR) is 88.1 cm³/mol. The van der Waals surface area contributed by atoms with Crippen LogP contribution in [-0.4, -0.2) is 18.1 Å². The average Bonchev–Trinajstić information content (AvgIpc) is 2.85. The number of aromatic nitrogens is 1. The van der Waals surface area contributed by atoms with Crippen LogP contribution in [0.1, 0.15) is 37.6 Å². The van der Waals surface area contributed by atoms with Crippen molar-refractivity contribution in [2.75, 3.05) is 11.9 Å². The Bertz CT molecular complexity index is 602. The van der Waals surface area contributed by atoms with Crippen LogP contribution in [0, 0.1) is 0 Å². The molecule has 1 aromatic heterocycles. The van der Waals surface area contributed by atoms with Crippen molar-refractivity contribution in [3.63, 3.8) is 0 Å². The molecule has 3 nitrogen and oxygen atoms in total. The van der Waals surface area contributed by atoms with Crippen molar-refractivity contribution in [2.45, 2.75) is 38.8 Å². The molecule has 0 saturated heterocycles. The van der Waals surface area contributed by atoms with Gasteiger partial charge in [0.2, 0.25) is 0 Å². The van der Waals surface area contributed by atoms with E-state index in [1.807, 2.05) is 13.2 Å². The van der Waals surface area contributed by atoms with Crippen molar-refractivity contribution >= 4 is 11.4 Å².